The van der Waals surface area contributed by atoms with E-state index >= 15 is 0 Å². The molecule has 0 spiro atoms. The molecule has 2 aromatic rings. The molecule has 1 fully saturated rings. The Labute approximate surface area is 197 Å². The van der Waals surface area contributed by atoms with Crippen molar-refractivity contribution in [1.29, 1.82) is 0 Å². The standard InChI is InChI=1S/C23H34N4S.HI/c1-3-24-23(25-15-19(2)22-11-14-28-18-22)26-16-21-10-13-27(17-21)12-9-20-7-5-4-6-8-20;/h4-8,11,14,18-19,21H,3,9-10,12-13,15-17H2,1-2H3,(H2,24,25,26);1H. The second-order valence-electron chi connectivity index (χ2n) is 7.75. The lowest BCUT2D eigenvalue weighted by atomic mass is 10.1. The molecule has 0 saturated carbocycles. The lowest BCUT2D eigenvalue weighted by molar-refractivity contribution is 0.328. The van der Waals surface area contributed by atoms with E-state index in [9.17, 15) is 0 Å². The summed E-state index contributed by atoms with van der Waals surface area (Å²) in [4.78, 5) is 7.41. The fourth-order valence-corrected chi connectivity index (χ4v) is 4.47. The van der Waals surface area contributed by atoms with Crippen LogP contribution in [0.15, 0.2) is 52.2 Å². The minimum absolute atomic E-state index is 0. The molecule has 29 heavy (non-hydrogen) atoms. The number of aliphatic imine (C=N–C) groups is 1. The number of benzene rings is 1. The first-order chi connectivity index (χ1) is 13.7. The summed E-state index contributed by atoms with van der Waals surface area (Å²) in [6.45, 7) is 10.6. The molecule has 1 aromatic heterocycles. The summed E-state index contributed by atoms with van der Waals surface area (Å²) in [5, 5.41) is 11.3. The summed E-state index contributed by atoms with van der Waals surface area (Å²) in [6.07, 6.45) is 2.41. The van der Waals surface area contributed by atoms with E-state index in [-0.39, 0.29) is 24.0 Å². The fourth-order valence-electron chi connectivity index (χ4n) is 3.69. The van der Waals surface area contributed by atoms with E-state index in [1.54, 1.807) is 11.3 Å². The van der Waals surface area contributed by atoms with E-state index < -0.39 is 0 Å². The zero-order valence-corrected chi connectivity index (χ0v) is 20.8. The van der Waals surface area contributed by atoms with Crippen LogP contribution < -0.4 is 10.6 Å². The SMILES string of the molecule is CCNC(=NCC(C)c1ccsc1)NCC1CCN(CCc2ccccc2)C1.I. The first-order valence-electron chi connectivity index (χ1n) is 10.5. The Morgan fingerprint density at radius 2 is 2.07 bits per heavy atom. The number of rotatable bonds is 9. The average molecular weight is 527 g/mol. The normalized spacial score (nSPS) is 18.3. The van der Waals surface area contributed by atoms with Crippen molar-refractivity contribution in [3.8, 4) is 0 Å². The van der Waals surface area contributed by atoms with Gasteiger partial charge in [0.2, 0.25) is 0 Å². The summed E-state index contributed by atoms with van der Waals surface area (Å²) in [6, 6.07) is 13.0. The van der Waals surface area contributed by atoms with Gasteiger partial charge in [0, 0.05) is 38.6 Å². The minimum Gasteiger partial charge on any atom is -0.357 e. The fraction of sp³-hybridized carbons (Fsp3) is 0.522. The Morgan fingerprint density at radius 3 is 2.79 bits per heavy atom. The zero-order chi connectivity index (χ0) is 19.6. The summed E-state index contributed by atoms with van der Waals surface area (Å²) < 4.78 is 0. The second kappa shape index (κ2) is 13.2. The quantitative estimate of drug-likeness (QED) is 0.285. The molecule has 1 aliphatic heterocycles. The molecule has 3 rings (SSSR count). The highest BCUT2D eigenvalue weighted by Gasteiger charge is 2.22. The van der Waals surface area contributed by atoms with Gasteiger partial charge in [0.05, 0.1) is 0 Å². The lowest BCUT2D eigenvalue weighted by Gasteiger charge is -2.18. The maximum atomic E-state index is 4.81. The Morgan fingerprint density at radius 1 is 1.24 bits per heavy atom. The van der Waals surface area contributed by atoms with Gasteiger partial charge in [0.1, 0.15) is 0 Å². The minimum atomic E-state index is 0. The molecule has 0 aliphatic carbocycles. The number of halogens is 1. The van der Waals surface area contributed by atoms with Crippen molar-refractivity contribution in [3.63, 3.8) is 0 Å². The van der Waals surface area contributed by atoms with Crippen LogP contribution in [0.2, 0.25) is 0 Å². The van der Waals surface area contributed by atoms with Crippen LogP contribution in [0.3, 0.4) is 0 Å². The summed E-state index contributed by atoms with van der Waals surface area (Å²) in [5.41, 5.74) is 2.82. The van der Waals surface area contributed by atoms with E-state index in [0.717, 1.165) is 38.6 Å². The third kappa shape index (κ3) is 8.26. The van der Waals surface area contributed by atoms with Gasteiger partial charge in [-0.05, 0) is 60.2 Å². The van der Waals surface area contributed by atoms with Crippen LogP contribution in [0.4, 0.5) is 0 Å². The molecule has 0 amide bonds. The molecule has 2 unspecified atom stereocenters. The molecule has 4 nitrogen and oxygen atoms in total. The average Bonchev–Trinajstić information content (AvgIpc) is 3.41. The van der Waals surface area contributed by atoms with Crippen molar-refractivity contribution >= 4 is 41.3 Å². The molecule has 0 radical (unpaired) electrons. The number of likely N-dealkylation sites (tertiary alicyclic amines) is 1. The van der Waals surface area contributed by atoms with E-state index in [0.29, 0.717) is 11.8 Å². The van der Waals surface area contributed by atoms with E-state index in [4.69, 9.17) is 4.99 Å². The van der Waals surface area contributed by atoms with E-state index in [2.05, 4.69) is 76.5 Å². The van der Waals surface area contributed by atoms with Crippen molar-refractivity contribution in [2.75, 3.05) is 39.3 Å². The number of nitrogens with zero attached hydrogens (tertiary/aromatic N) is 2. The van der Waals surface area contributed by atoms with E-state index in [1.165, 1.54) is 30.6 Å². The molecule has 2 atom stereocenters. The maximum absolute atomic E-state index is 4.81. The number of nitrogens with one attached hydrogen (secondary N) is 2. The van der Waals surface area contributed by atoms with Crippen molar-refractivity contribution < 1.29 is 0 Å². The van der Waals surface area contributed by atoms with E-state index in [1.807, 2.05) is 0 Å². The smallest absolute Gasteiger partial charge is 0.191 e. The molecule has 160 valence electrons. The van der Waals surface area contributed by atoms with Crippen LogP contribution in [-0.2, 0) is 6.42 Å². The van der Waals surface area contributed by atoms with Crippen LogP contribution in [0.5, 0.6) is 0 Å². The first kappa shape index (κ1) is 24.2. The van der Waals surface area contributed by atoms with Crippen molar-refractivity contribution in [1.82, 2.24) is 15.5 Å². The van der Waals surface area contributed by atoms with Crippen molar-refractivity contribution in [3.05, 3.63) is 58.3 Å². The van der Waals surface area contributed by atoms with Crippen molar-refractivity contribution in [2.24, 2.45) is 10.9 Å². The van der Waals surface area contributed by atoms with Crippen LogP contribution >= 0.6 is 35.3 Å². The highest BCUT2D eigenvalue weighted by molar-refractivity contribution is 14.0. The molecule has 2 N–H and O–H groups in total. The van der Waals surface area contributed by atoms with Gasteiger partial charge in [-0.3, -0.25) is 4.99 Å². The highest BCUT2D eigenvalue weighted by atomic mass is 127. The number of guanidine groups is 1. The molecule has 1 aromatic carbocycles. The molecule has 6 heteroatoms. The summed E-state index contributed by atoms with van der Waals surface area (Å²) in [7, 11) is 0. The largest absolute Gasteiger partial charge is 0.357 e. The van der Waals surface area contributed by atoms with Crippen LogP contribution in [0, 0.1) is 5.92 Å². The summed E-state index contributed by atoms with van der Waals surface area (Å²) >= 11 is 1.76. The Kier molecular flexibility index (Phi) is 11.0. The van der Waals surface area contributed by atoms with Gasteiger partial charge in [0.15, 0.2) is 5.96 Å². The van der Waals surface area contributed by atoms with Gasteiger partial charge in [-0.15, -0.1) is 24.0 Å². The molecule has 1 aliphatic rings. The summed E-state index contributed by atoms with van der Waals surface area (Å²) in [5.74, 6) is 2.11. The number of hydrogen-bond acceptors (Lipinski definition) is 3. The monoisotopic (exact) mass is 526 g/mol. The van der Waals surface area contributed by atoms with Crippen LogP contribution in [0.1, 0.15) is 37.3 Å². The molecule has 1 saturated heterocycles. The topological polar surface area (TPSA) is 39.7 Å². The lowest BCUT2D eigenvalue weighted by Crippen LogP contribution is -2.40. The zero-order valence-electron chi connectivity index (χ0n) is 17.6. The molecule has 2 heterocycles. The number of thiophene rings is 1. The maximum Gasteiger partial charge on any atom is 0.191 e. The Hall–Kier alpha value is -1.12. The second-order valence-corrected chi connectivity index (χ2v) is 8.53. The van der Waals surface area contributed by atoms with Gasteiger partial charge in [-0.25, -0.2) is 0 Å². The molecular weight excluding hydrogens is 491 g/mol. The molecule has 0 bridgehead atoms. The molecular formula is C23H35IN4S. The predicted molar refractivity (Wildman–Crippen MR) is 137 cm³/mol. The third-order valence-corrected chi connectivity index (χ3v) is 6.17. The van der Waals surface area contributed by atoms with Gasteiger partial charge in [-0.1, -0.05) is 37.3 Å². The van der Waals surface area contributed by atoms with Gasteiger partial charge in [-0.2, -0.15) is 11.3 Å². The third-order valence-electron chi connectivity index (χ3n) is 5.47. The van der Waals surface area contributed by atoms with Gasteiger partial charge >= 0.3 is 0 Å². The highest BCUT2D eigenvalue weighted by Crippen LogP contribution is 2.18. The van der Waals surface area contributed by atoms with Gasteiger partial charge < -0.3 is 15.5 Å². The Bertz CT molecular complexity index is 705. The Balaban J connectivity index is 0.00000300. The predicted octanol–water partition coefficient (Wildman–Crippen LogP) is 4.59. The van der Waals surface area contributed by atoms with Gasteiger partial charge in [0.25, 0.3) is 0 Å². The van der Waals surface area contributed by atoms with Crippen molar-refractivity contribution in [2.45, 2.75) is 32.6 Å². The first-order valence-corrected chi connectivity index (χ1v) is 11.5. The number of hydrogen-bond donors (Lipinski definition) is 2. The van der Waals surface area contributed by atoms with Crippen LogP contribution in [0.25, 0.3) is 0 Å². The van der Waals surface area contributed by atoms with Crippen LogP contribution in [-0.4, -0.2) is 50.1 Å².